The number of fused-ring (bicyclic) bond motifs is 3. The fraction of sp³-hybridized carbons (Fsp3) is 0.310. The van der Waals surface area contributed by atoms with Gasteiger partial charge >= 0.3 is 0 Å². The quantitative estimate of drug-likeness (QED) is 0.389. The molecule has 0 bridgehead atoms. The number of primary amides is 1. The van der Waals surface area contributed by atoms with Crippen molar-refractivity contribution in [3.05, 3.63) is 65.0 Å². The van der Waals surface area contributed by atoms with Gasteiger partial charge in [0.1, 0.15) is 36.3 Å². The van der Waals surface area contributed by atoms with Crippen LogP contribution in [0, 0.1) is 11.6 Å². The second-order valence-corrected chi connectivity index (χ2v) is 12.2. The second kappa shape index (κ2) is 11.6. The number of benzene rings is 2. The monoisotopic (exact) mass is 612 g/mol. The molecule has 1 unspecified atom stereocenters. The minimum Gasteiger partial charge on any atom is -0.496 e. The summed E-state index contributed by atoms with van der Waals surface area (Å²) in [5, 5.41) is 4.60. The highest BCUT2D eigenvalue weighted by molar-refractivity contribution is 7.85. The van der Waals surface area contributed by atoms with Crippen molar-refractivity contribution >= 4 is 34.4 Å². The number of hydrogen-bond donors (Lipinski definition) is 2. The molecule has 2 aliphatic rings. The summed E-state index contributed by atoms with van der Waals surface area (Å²) in [5.74, 6) is -1.35. The number of allylic oxidation sites excluding steroid dienone is 1. The Balaban J connectivity index is 1.73. The van der Waals surface area contributed by atoms with Gasteiger partial charge in [-0.05, 0) is 32.0 Å². The van der Waals surface area contributed by atoms with E-state index < -0.39 is 39.8 Å². The maximum atomic E-state index is 14.4. The molecular formula is C29H30F2N6O5S. The van der Waals surface area contributed by atoms with Crippen LogP contribution in [-0.4, -0.2) is 74.2 Å². The van der Waals surface area contributed by atoms with Gasteiger partial charge < -0.3 is 25.8 Å². The number of amides is 2. The van der Waals surface area contributed by atoms with Gasteiger partial charge in [0.25, 0.3) is 5.91 Å². The first-order chi connectivity index (χ1) is 20.4. The lowest BCUT2D eigenvalue weighted by molar-refractivity contribution is -0.116. The Labute approximate surface area is 248 Å². The van der Waals surface area contributed by atoms with Crippen molar-refractivity contribution < 1.29 is 32.1 Å². The number of nitrogens with two attached hydrogens (primary N) is 2. The number of rotatable bonds is 7. The molecule has 1 atom stereocenters. The molecule has 0 saturated carbocycles. The van der Waals surface area contributed by atoms with E-state index in [1.165, 1.54) is 24.2 Å². The Morgan fingerprint density at radius 3 is 2.56 bits per heavy atom. The average Bonchev–Trinajstić information content (AvgIpc) is 3.33. The lowest BCUT2D eigenvalue weighted by Gasteiger charge is -2.41. The SMILES string of the molecule is COc1cc2c(cc1C(C=NCC(N)=O)=CN)-c1c(c(C(=O)N3CCS(=O)CC3(C)C)nn1-c1cc(F)cc(F)c1)CO2. The molecule has 1 aromatic heterocycles. The third-order valence-corrected chi connectivity index (χ3v) is 8.87. The summed E-state index contributed by atoms with van der Waals surface area (Å²) in [4.78, 5) is 30.9. The Hall–Kier alpha value is -4.59. The van der Waals surface area contributed by atoms with Crippen LogP contribution in [0.3, 0.4) is 0 Å². The predicted molar refractivity (Wildman–Crippen MR) is 158 cm³/mol. The highest BCUT2D eigenvalue weighted by Crippen LogP contribution is 2.45. The van der Waals surface area contributed by atoms with E-state index in [1.807, 2.05) is 13.8 Å². The number of aliphatic imine (C=N–C) groups is 1. The van der Waals surface area contributed by atoms with Gasteiger partial charge in [0.2, 0.25) is 5.91 Å². The molecule has 3 aromatic rings. The number of hydrogen-bond acceptors (Lipinski definition) is 8. The maximum absolute atomic E-state index is 14.4. The van der Waals surface area contributed by atoms with Crippen LogP contribution in [0.2, 0.25) is 0 Å². The molecule has 11 nitrogen and oxygen atoms in total. The number of halogens is 2. The van der Waals surface area contributed by atoms with Crippen molar-refractivity contribution in [2.45, 2.75) is 26.0 Å². The van der Waals surface area contributed by atoms with Crippen LogP contribution in [-0.2, 0) is 22.2 Å². The van der Waals surface area contributed by atoms with E-state index in [-0.39, 0.29) is 31.1 Å². The first kappa shape index (κ1) is 29.9. The molecule has 0 spiro atoms. The zero-order valence-electron chi connectivity index (χ0n) is 23.7. The molecule has 5 rings (SSSR count). The average molecular weight is 613 g/mol. The van der Waals surface area contributed by atoms with E-state index in [9.17, 15) is 22.6 Å². The fourth-order valence-electron chi connectivity index (χ4n) is 5.27. The highest BCUT2D eigenvalue weighted by Gasteiger charge is 2.40. The highest BCUT2D eigenvalue weighted by atomic mass is 32.2. The van der Waals surface area contributed by atoms with Gasteiger partial charge in [0.15, 0.2) is 5.69 Å². The minimum absolute atomic E-state index is 0.0426. The molecule has 1 saturated heterocycles. The Morgan fingerprint density at radius 2 is 1.93 bits per heavy atom. The minimum atomic E-state index is -1.07. The number of ether oxygens (including phenoxy) is 2. The normalized spacial score (nSPS) is 17.7. The number of carbonyl (C=O) groups excluding carboxylic acids is 2. The van der Waals surface area contributed by atoms with Crippen molar-refractivity contribution in [3.8, 4) is 28.4 Å². The Morgan fingerprint density at radius 1 is 1.21 bits per heavy atom. The van der Waals surface area contributed by atoms with Crippen LogP contribution in [0.25, 0.3) is 22.5 Å². The summed E-state index contributed by atoms with van der Waals surface area (Å²) in [6.07, 6.45) is 2.64. The zero-order chi connectivity index (χ0) is 31.1. The maximum Gasteiger partial charge on any atom is 0.275 e. The van der Waals surface area contributed by atoms with E-state index in [0.29, 0.717) is 51.0 Å². The molecule has 2 aromatic carbocycles. The van der Waals surface area contributed by atoms with Crippen LogP contribution in [0.1, 0.15) is 35.5 Å². The first-order valence-corrected chi connectivity index (χ1v) is 14.7. The standard InChI is InChI=1S/C29H30F2N6O5S/c1-29(2)15-43(40)5-4-36(29)28(39)26-22-14-42-24-10-23(41-3)20(16(11-32)12-34-13-25(33)38)9-21(24)27(22)37(35-26)19-7-17(30)6-18(31)8-19/h6-12H,4-5,13-15,32H2,1-3H3,(H2,33,38). The van der Waals surface area contributed by atoms with Gasteiger partial charge in [0.05, 0.1) is 18.5 Å². The summed E-state index contributed by atoms with van der Waals surface area (Å²) in [6.45, 7) is 3.59. The van der Waals surface area contributed by atoms with Gasteiger partial charge in [0, 0.05) is 81.2 Å². The van der Waals surface area contributed by atoms with Crippen LogP contribution < -0.4 is 20.9 Å². The van der Waals surface area contributed by atoms with E-state index >= 15 is 0 Å². The van der Waals surface area contributed by atoms with Gasteiger partial charge in [-0.1, -0.05) is 0 Å². The lowest BCUT2D eigenvalue weighted by Crippen LogP contribution is -2.56. The molecular weight excluding hydrogens is 582 g/mol. The first-order valence-electron chi connectivity index (χ1n) is 13.2. The van der Waals surface area contributed by atoms with E-state index in [0.717, 1.165) is 18.2 Å². The molecule has 4 N–H and O–H groups in total. The van der Waals surface area contributed by atoms with Crippen LogP contribution in [0.5, 0.6) is 11.5 Å². The largest absolute Gasteiger partial charge is 0.496 e. The fourth-order valence-corrected chi connectivity index (χ4v) is 6.75. The third-order valence-electron chi connectivity index (χ3n) is 7.21. The van der Waals surface area contributed by atoms with Gasteiger partial charge in [-0.25, -0.2) is 13.5 Å². The smallest absolute Gasteiger partial charge is 0.275 e. The van der Waals surface area contributed by atoms with Crippen molar-refractivity contribution in [2.24, 2.45) is 16.5 Å². The summed E-state index contributed by atoms with van der Waals surface area (Å²) < 4.78 is 54.1. The molecule has 1 fully saturated rings. The number of aromatic nitrogens is 2. The van der Waals surface area contributed by atoms with Crippen molar-refractivity contribution in [2.75, 3.05) is 31.7 Å². The predicted octanol–water partition coefficient (Wildman–Crippen LogP) is 2.56. The van der Waals surface area contributed by atoms with E-state index in [4.69, 9.17) is 20.9 Å². The molecule has 14 heteroatoms. The summed E-state index contributed by atoms with van der Waals surface area (Å²) in [5.41, 5.74) is 12.5. The number of nitrogens with zero attached hydrogens (tertiary/aromatic N) is 4. The molecule has 3 heterocycles. The van der Waals surface area contributed by atoms with Crippen molar-refractivity contribution in [1.82, 2.24) is 14.7 Å². The molecule has 2 amide bonds. The molecule has 0 aliphatic carbocycles. The van der Waals surface area contributed by atoms with E-state index in [2.05, 4.69) is 10.1 Å². The zero-order valence-corrected chi connectivity index (χ0v) is 24.5. The van der Waals surface area contributed by atoms with Crippen LogP contribution in [0.15, 0.2) is 41.5 Å². The molecule has 2 aliphatic heterocycles. The van der Waals surface area contributed by atoms with Gasteiger partial charge in [-0.2, -0.15) is 5.10 Å². The molecule has 43 heavy (non-hydrogen) atoms. The molecule has 226 valence electrons. The second-order valence-electron chi connectivity index (χ2n) is 10.7. The van der Waals surface area contributed by atoms with Gasteiger partial charge in [-0.15, -0.1) is 0 Å². The van der Waals surface area contributed by atoms with Crippen LogP contribution in [0.4, 0.5) is 8.78 Å². The summed E-state index contributed by atoms with van der Waals surface area (Å²) >= 11 is 0. The summed E-state index contributed by atoms with van der Waals surface area (Å²) in [6, 6.07) is 6.26. The van der Waals surface area contributed by atoms with E-state index in [1.54, 1.807) is 17.0 Å². The lowest BCUT2D eigenvalue weighted by atomic mass is 9.96. The van der Waals surface area contributed by atoms with Gasteiger partial charge in [-0.3, -0.25) is 18.8 Å². The van der Waals surface area contributed by atoms with Crippen molar-refractivity contribution in [3.63, 3.8) is 0 Å². The number of carbonyl (C=O) groups is 2. The number of methoxy groups -OCH3 is 1. The van der Waals surface area contributed by atoms with Crippen molar-refractivity contribution in [1.29, 1.82) is 0 Å². The Bertz CT molecular complexity index is 1700. The third kappa shape index (κ3) is 5.74. The Kier molecular flexibility index (Phi) is 8.06. The van der Waals surface area contributed by atoms with Crippen LogP contribution >= 0.6 is 0 Å². The summed E-state index contributed by atoms with van der Waals surface area (Å²) in [7, 11) is 0.384. The molecule has 0 radical (unpaired) electrons. The topological polar surface area (TPSA) is 155 Å².